The average Bonchev–Trinajstić information content (AvgIpc) is 3.09. The molecule has 1 aromatic heterocycles. The third kappa shape index (κ3) is 4.17. The zero-order valence-electron chi connectivity index (χ0n) is 14.1. The van der Waals surface area contributed by atoms with Gasteiger partial charge in [-0.05, 0) is 43.7 Å². The highest BCUT2D eigenvalue weighted by Gasteiger charge is 2.25. The van der Waals surface area contributed by atoms with E-state index in [0.29, 0.717) is 22.9 Å². The molecule has 128 valence electrons. The maximum Gasteiger partial charge on any atom is 0.277 e. The first-order valence-corrected chi connectivity index (χ1v) is 9.39. The normalized spacial score (nSPS) is 20.8. The fraction of sp³-hybridized carbons (Fsp3) is 0.500. The summed E-state index contributed by atoms with van der Waals surface area (Å²) in [5.41, 5.74) is 0.886. The molecular weight excluding hydrogens is 322 g/mol. The molecule has 6 heteroatoms. The Bertz CT molecular complexity index is 666. The fourth-order valence-corrected chi connectivity index (χ4v) is 3.71. The molecule has 1 saturated carbocycles. The zero-order chi connectivity index (χ0) is 16.9. The van der Waals surface area contributed by atoms with Crippen LogP contribution < -0.4 is 0 Å². The van der Waals surface area contributed by atoms with Crippen LogP contribution in [-0.2, 0) is 4.79 Å². The number of rotatable bonds is 5. The van der Waals surface area contributed by atoms with Crippen molar-refractivity contribution in [3.8, 4) is 11.5 Å². The lowest BCUT2D eigenvalue weighted by Gasteiger charge is -2.33. The molecule has 2 aromatic rings. The number of aromatic nitrogens is 2. The quantitative estimate of drug-likeness (QED) is 0.770. The number of thioether (sulfide) groups is 1. The Morgan fingerprint density at radius 3 is 2.62 bits per heavy atom. The summed E-state index contributed by atoms with van der Waals surface area (Å²) in [6.45, 7) is 2.29. The van der Waals surface area contributed by atoms with Gasteiger partial charge in [-0.25, -0.2) is 0 Å². The molecule has 0 atom stereocenters. The summed E-state index contributed by atoms with van der Waals surface area (Å²) in [5.74, 6) is 1.73. The van der Waals surface area contributed by atoms with Crippen LogP contribution in [0.5, 0.6) is 0 Å². The van der Waals surface area contributed by atoms with E-state index in [1.54, 1.807) is 0 Å². The maximum absolute atomic E-state index is 12.4. The second-order valence-electron chi connectivity index (χ2n) is 6.45. The third-order valence-corrected chi connectivity index (χ3v) is 5.48. The molecule has 24 heavy (non-hydrogen) atoms. The second-order valence-corrected chi connectivity index (χ2v) is 7.37. The summed E-state index contributed by atoms with van der Waals surface area (Å²) in [6.07, 6.45) is 4.62. The summed E-state index contributed by atoms with van der Waals surface area (Å²) < 4.78 is 5.63. The average molecular weight is 345 g/mol. The van der Waals surface area contributed by atoms with Crippen molar-refractivity contribution in [2.75, 3.05) is 12.8 Å². The molecule has 0 N–H and O–H groups in total. The summed E-state index contributed by atoms with van der Waals surface area (Å²) in [6, 6.07) is 10.0. The van der Waals surface area contributed by atoms with E-state index in [2.05, 4.69) is 17.1 Å². The molecule has 0 spiro atoms. The summed E-state index contributed by atoms with van der Waals surface area (Å²) in [4.78, 5) is 14.3. The van der Waals surface area contributed by atoms with Gasteiger partial charge in [0.05, 0.1) is 5.75 Å². The number of benzene rings is 1. The standard InChI is InChI=1S/C18H23N3O2S/c1-13-8-10-15(11-9-13)21(2)16(22)12-24-18-20-19-17(23-18)14-6-4-3-5-7-14/h3-7,13,15H,8-12H2,1-2H3. The minimum atomic E-state index is 0.124. The number of carbonyl (C=O) groups excluding carboxylic acids is 1. The topological polar surface area (TPSA) is 59.2 Å². The summed E-state index contributed by atoms with van der Waals surface area (Å²) in [7, 11) is 1.91. The van der Waals surface area contributed by atoms with Gasteiger partial charge < -0.3 is 9.32 Å². The first-order chi connectivity index (χ1) is 11.6. The van der Waals surface area contributed by atoms with E-state index in [1.165, 1.54) is 24.6 Å². The minimum Gasteiger partial charge on any atom is -0.411 e. The molecule has 1 heterocycles. The van der Waals surface area contributed by atoms with Crippen LogP contribution in [0.15, 0.2) is 40.0 Å². The number of carbonyl (C=O) groups is 1. The maximum atomic E-state index is 12.4. The molecule has 1 aliphatic rings. The predicted octanol–water partition coefficient (Wildman–Crippen LogP) is 3.87. The van der Waals surface area contributed by atoms with Crippen LogP contribution in [0.25, 0.3) is 11.5 Å². The Morgan fingerprint density at radius 2 is 1.92 bits per heavy atom. The Labute approximate surface area is 146 Å². The highest BCUT2D eigenvalue weighted by molar-refractivity contribution is 7.99. The molecule has 0 radical (unpaired) electrons. The van der Waals surface area contributed by atoms with Crippen molar-refractivity contribution in [3.05, 3.63) is 30.3 Å². The van der Waals surface area contributed by atoms with Gasteiger partial charge in [-0.2, -0.15) is 0 Å². The van der Waals surface area contributed by atoms with Crippen LogP contribution >= 0.6 is 11.8 Å². The molecule has 3 rings (SSSR count). The number of amides is 1. The zero-order valence-corrected chi connectivity index (χ0v) is 15.0. The molecule has 0 saturated heterocycles. The van der Waals surface area contributed by atoms with Gasteiger partial charge in [0.25, 0.3) is 5.22 Å². The van der Waals surface area contributed by atoms with Gasteiger partial charge in [0, 0.05) is 18.7 Å². The summed E-state index contributed by atoms with van der Waals surface area (Å²) in [5, 5.41) is 8.50. The van der Waals surface area contributed by atoms with Crippen molar-refractivity contribution in [2.24, 2.45) is 5.92 Å². The van der Waals surface area contributed by atoms with Gasteiger partial charge in [0.2, 0.25) is 11.8 Å². The molecular formula is C18H23N3O2S. The Hall–Kier alpha value is -1.82. The van der Waals surface area contributed by atoms with Gasteiger partial charge >= 0.3 is 0 Å². The Morgan fingerprint density at radius 1 is 1.21 bits per heavy atom. The highest BCUT2D eigenvalue weighted by atomic mass is 32.2. The SMILES string of the molecule is CC1CCC(N(C)C(=O)CSc2nnc(-c3ccccc3)o2)CC1. The van der Waals surface area contributed by atoms with Crippen LogP contribution in [0.2, 0.25) is 0 Å². The van der Waals surface area contributed by atoms with Crippen molar-refractivity contribution >= 4 is 17.7 Å². The highest BCUT2D eigenvalue weighted by Crippen LogP contribution is 2.27. The molecule has 1 aromatic carbocycles. The van der Waals surface area contributed by atoms with Crippen LogP contribution in [0.4, 0.5) is 0 Å². The number of hydrogen-bond donors (Lipinski definition) is 0. The predicted molar refractivity (Wildman–Crippen MR) is 94.6 cm³/mol. The smallest absolute Gasteiger partial charge is 0.277 e. The lowest BCUT2D eigenvalue weighted by molar-refractivity contribution is -0.129. The van der Waals surface area contributed by atoms with Gasteiger partial charge in [0.15, 0.2) is 0 Å². The van der Waals surface area contributed by atoms with Crippen molar-refractivity contribution in [1.29, 1.82) is 0 Å². The van der Waals surface area contributed by atoms with E-state index in [9.17, 15) is 4.79 Å². The Balaban J connectivity index is 1.52. The lowest BCUT2D eigenvalue weighted by Crippen LogP contribution is -2.40. The monoisotopic (exact) mass is 345 g/mol. The lowest BCUT2D eigenvalue weighted by atomic mass is 9.87. The van der Waals surface area contributed by atoms with Crippen LogP contribution in [0.1, 0.15) is 32.6 Å². The molecule has 0 aliphatic heterocycles. The van der Waals surface area contributed by atoms with Crippen molar-refractivity contribution in [3.63, 3.8) is 0 Å². The molecule has 1 fully saturated rings. The van der Waals surface area contributed by atoms with Gasteiger partial charge in [0.1, 0.15) is 0 Å². The van der Waals surface area contributed by atoms with Crippen LogP contribution in [-0.4, -0.2) is 39.8 Å². The minimum absolute atomic E-state index is 0.124. The fourth-order valence-electron chi connectivity index (χ4n) is 3.02. The van der Waals surface area contributed by atoms with E-state index >= 15 is 0 Å². The van der Waals surface area contributed by atoms with Gasteiger partial charge in [-0.1, -0.05) is 36.9 Å². The number of nitrogens with zero attached hydrogens (tertiary/aromatic N) is 3. The van der Waals surface area contributed by atoms with Crippen molar-refractivity contribution in [2.45, 2.75) is 43.9 Å². The number of hydrogen-bond acceptors (Lipinski definition) is 5. The molecule has 5 nitrogen and oxygen atoms in total. The van der Waals surface area contributed by atoms with Gasteiger partial charge in [-0.15, -0.1) is 10.2 Å². The van der Waals surface area contributed by atoms with E-state index in [-0.39, 0.29) is 5.91 Å². The first-order valence-electron chi connectivity index (χ1n) is 8.41. The van der Waals surface area contributed by atoms with Crippen LogP contribution in [0, 0.1) is 5.92 Å². The second kappa shape index (κ2) is 7.83. The molecule has 0 unspecified atom stereocenters. The third-order valence-electron chi connectivity index (χ3n) is 4.67. The van der Waals surface area contributed by atoms with E-state index < -0.39 is 0 Å². The van der Waals surface area contributed by atoms with E-state index in [4.69, 9.17) is 4.42 Å². The molecule has 1 amide bonds. The van der Waals surface area contributed by atoms with Crippen LogP contribution in [0.3, 0.4) is 0 Å². The van der Waals surface area contributed by atoms with Gasteiger partial charge in [-0.3, -0.25) is 4.79 Å². The first kappa shape index (κ1) is 17.0. The Kier molecular flexibility index (Phi) is 5.56. The van der Waals surface area contributed by atoms with Crippen molar-refractivity contribution in [1.82, 2.24) is 15.1 Å². The van der Waals surface area contributed by atoms with E-state index in [0.717, 1.165) is 24.3 Å². The van der Waals surface area contributed by atoms with Crippen molar-refractivity contribution < 1.29 is 9.21 Å². The largest absolute Gasteiger partial charge is 0.411 e. The molecule has 1 aliphatic carbocycles. The molecule has 0 bridgehead atoms. The van der Waals surface area contributed by atoms with E-state index in [1.807, 2.05) is 42.3 Å². The summed E-state index contributed by atoms with van der Waals surface area (Å²) >= 11 is 1.31.